The molecule has 1 aliphatic heterocycles. The van der Waals surface area contributed by atoms with Gasteiger partial charge in [0.15, 0.2) is 0 Å². The first-order valence-corrected chi connectivity index (χ1v) is 17.7. The molecule has 0 amide bonds. The van der Waals surface area contributed by atoms with Crippen molar-refractivity contribution < 1.29 is 29.0 Å². The van der Waals surface area contributed by atoms with Gasteiger partial charge in [-0.1, -0.05) is 94.0 Å². The highest BCUT2D eigenvalue weighted by atomic mass is 79.9. The predicted octanol–water partition coefficient (Wildman–Crippen LogP) is 8.22. The van der Waals surface area contributed by atoms with Crippen LogP contribution in [-0.4, -0.2) is 60.6 Å². The minimum Gasteiger partial charge on any atom is -0.468 e. The van der Waals surface area contributed by atoms with Crippen LogP contribution in [0.1, 0.15) is 156 Å². The highest BCUT2D eigenvalue weighted by molar-refractivity contribution is 9.09. The molecule has 1 saturated heterocycles. The van der Waals surface area contributed by atoms with Crippen molar-refractivity contribution in [1.82, 2.24) is 5.32 Å². The van der Waals surface area contributed by atoms with Crippen LogP contribution in [0.4, 0.5) is 0 Å². The van der Waals surface area contributed by atoms with Crippen LogP contribution in [-0.2, 0) is 23.9 Å². The molecule has 3 atom stereocenters. The van der Waals surface area contributed by atoms with Crippen molar-refractivity contribution in [3.8, 4) is 0 Å². The molecular formula is C33H64BrNO6. The Hall–Kier alpha value is -0.990. The summed E-state index contributed by atoms with van der Waals surface area (Å²) in [4.78, 5) is 31.9. The van der Waals surface area contributed by atoms with E-state index in [0.717, 1.165) is 88.8 Å². The Labute approximate surface area is 260 Å². The van der Waals surface area contributed by atoms with Crippen LogP contribution in [0, 0.1) is 0 Å². The molecule has 0 aromatic carbocycles. The number of β-amino-alcohol motifs (C(OH)–C–C–N with tert-alkyl or cyclic N) is 1. The van der Waals surface area contributed by atoms with E-state index in [1.54, 1.807) is 0 Å². The lowest BCUT2D eigenvalue weighted by atomic mass is 10.0. The summed E-state index contributed by atoms with van der Waals surface area (Å²) in [5.41, 5.74) is 0. The summed E-state index contributed by atoms with van der Waals surface area (Å²) in [6.07, 6.45) is 23.6. The van der Waals surface area contributed by atoms with Crippen molar-refractivity contribution in [3.63, 3.8) is 0 Å². The molecule has 8 heteroatoms. The molecule has 0 bridgehead atoms. The number of aliphatic hydroxyl groups is 1. The van der Waals surface area contributed by atoms with Crippen LogP contribution in [0.2, 0.25) is 0 Å². The molecule has 0 aromatic rings. The molecule has 1 fully saturated rings. The quantitative estimate of drug-likeness (QED) is 0.0444. The van der Waals surface area contributed by atoms with Crippen molar-refractivity contribution in [2.45, 2.75) is 174 Å². The number of aldehydes is 1. The fourth-order valence-electron chi connectivity index (χ4n) is 4.55. The van der Waals surface area contributed by atoms with Gasteiger partial charge < -0.3 is 24.7 Å². The van der Waals surface area contributed by atoms with Gasteiger partial charge in [0.2, 0.25) is 0 Å². The lowest BCUT2D eigenvalue weighted by molar-refractivity contribution is -0.150. The van der Waals surface area contributed by atoms with Gasteiger partial charge >= 0.3 is 5.97 Å². The number of rotatable bonds is 25. The highest BCUT2D eigenvalue weighted by Crippen LogP contribution is 2.17. The number of hydrogen-bond acceptors (Lipinski definition) is 7. The zero-order valence-corrected chi connectivity index (χ0v) is 28.3. The van der Waals surface area contributed by atoms with E-state index in [4.69, 9.17) is 9.84 Å². The largest absolute Gasteiger partial charge is 0.468 e. The van der Waals surface area contributed by atoms with Gasteiger partial charge in [0.05, 0.1) is 12.7 Å². The Kier molecular flexibility index (Phi) is 36.2. The van der Waals surface area contributed by atoms with E-state index in [1.165, 1.54) is 51.4 Å². The standard InChI is InChI=1S/C23H44O4.C5H9BrO.C5H11NO/c1-3-5-7-8-10-14-18-22(17-13-6-4-2)27-23(25)19-15-11-9-12-16-20-26-21-24;6-4-2-1-3-5-7;1-4-2-5(7)3-6-4/h21-22H,3-20H2,1-2H3;5H,1-4H2;4-7H,2-3H2,1H3. The van der Waals surface area contributed by atoms with Gasteiger partial charge in [0.25, 0.3) is 6.47 Å². The molecule has 0 aliphatic carbocycles. The van der Waals surface area contributed by atoms with Crippen LogP contribution in [0.5, 0.6) is 0 Å². The molecule has 1 heterocycles. The molecule has 41 heavy (non-hydrogen) atoms. The van der Waals surface area contributed by atoms with Gasteiger partial charge in [-0.05, 0) is 64.7 Å². The van der Waals surface area contributed by atoms with E-state index in [-0.39, 0.29) is 18.2 Å². The summed E-state index contributed by atoms with van der Waals surface area (Å²) in [7, 11) is 0. The third kappa shape index (κ3) is 35.1. The minimum atomic E-state index is -0.0880. The monoisotopic (exact) mass is 649 g/mol. The van der Waals surface area contributed by atoms with Crippen LogP contribution in [0.25, 0.3) is 0 Å². The van der Waals surface area contributed by atoms with E-state index < -0.39 is 0 Å². The van der Waals surface area contributed by atoms with E-state index in [1.807, 2.05) is 0 Å². The van der Waals surface area contributed by atoms with Gasteiger partial charge in [0.1, 0.15) is 12.4 Å². The summed E-state index contributed by atoms with van der Waals surface area (Å²) in [5, 5.41) is 13.0. The number of esters is 1. The molecule has 0 radical (unpaired) electrons. The number of unbranched alkanes of at least 4 members (excludes halogenated alkanes) is 13. The van der Waals surface area contributed by atoms with Gasteiger partial charge in [-0.25, -0.2) is 0 Å². The van der Waals surface area contributed by atoms with E-state index in [2.05, 4.69) is 46.8 Å². The van der Waals surface area contributed by atoms with Crippen LogP contribution < -0.4 is 5.32 Å². The Bertz CT molecular complexity index is 558. The van der Waals surface area contributed by atoms with E-state index in [9.17, 15) is 14.4 Å². The van der Waals surface area contributed by atoms with Crippen molar-refractivity contribution in [1.29, 1.82) is 0 Å². The molecule has 7 nitrogen and oxygen atoms in total. The Morgan fingerprint density at radius 3 is 2.00 bits per heavy atom. The number of ether oxygens (including phenoxy) is 2. The average Bonchev–Trinajstić information content (AvgIpc) is 3.35. The number of nitrogens with one attached hydrogen (secondary N) is 1. The third-order valence-electron chi connectivity index (χ3n) is 7.05. The van der Waals surface area contributed by atoms with Crippen LogP contribution in [0.3, 0.4) is 0 Å². The minimum absolute atomic E-state index is 0.0215. The summed E-state index contributed by atoms with van der Waals surface area (Å²) < 4.78 is 10.5. The second-order valence-corrected chi connectivity index (χ2v) is 12.0. The normalized spacial score (nSPS) is 16.5. The second-order valence-electron chi connectivity index (χ2n) is 11.2. The first-order chi connectivity index (χ1) is 19.9. The molecular weight excluding hydrogens is 586 g/mol. The number of aliphatic hydroxyl groups excluding tert-OH is 1. The van der Waals surface area contributed by atoms with Crippen molar-refractivity contribution >= 4 is 34.7 Å². The van der Waals surface area contributed by atoms with Crippen LogP contribution in [0.15, 0.2) is 0 Å². The molecule has 2 N–H and O–H groups in total. The lowest BCUT2D eigenvalue weighted by Crippen LogP contribution is -2.18. The van der Waals surface area contributed by atoms with Gasteiger partial charge in [-0.2, -0.15) is 0 Å². The maximum absolute atomic E-state index is 12.2. The zero-order valence-electron chi connectivity index (χ0n) is 26.7. The Morgan fingerprint density at radius 1 is 0.878 bits per heavy atom. The molecule has 1 aliphatic rings. The lowest BCUT2D eigenvalue weighted by Gasteiger charge is -2.18. The van der Waals surface area contributed by atoms with E-state index >= 15 is 0 Å². The maximum Gasteiger partial charge on any atom is 0.306 e. The Balaban J connectivity index is 0. The molecule has 1 rings (SSSR count). The van der Waals surface area contributed by atoms with Gasteiger partial charge in [-0.15, -0.1) is 0 Å². The fraction of sp³-hybridized carbons (Fsp3) is 0.909. The molecule has 0 saturated carbocycles. The van der Waals surface area contributed by atoms with Crippen LogP contribution >= 0.6 is 15.9 Å². The Morgan fingerprint density at radius 2 is 1.46 bits per heavy atom. The molecule has 0 spiro atoms. The van der Waals surface area contributed by atoms with E-state index in [0.29, 0.717) is 32.0 Å². The number of hydrogen-bond donors (Lipinski definition) is 2. The summed E-state index contributed by atoms with van der Waals surface area (Å²) in [6.45, 7) is 8.31. The first-order valence-electron chi connectivity index (χ1n) is 16.6. The summed E-state index contributed by atoms with van der Waals surface area (Å²) >= 11 is 3.26. The summed E-state index contributed by atoms with van der Waals surface area (Å²) in [6, 6.07) is 0.523. The smallest absolute Gasteiger partial charge is 0.306 e. The summed E-state index contributed by atoms with van der Waals surface area (Å²) in [5.74, 6) is -0.0215. The second kappa shape index (κ2) is 35.2. The van der Waals surface area contributed by atoms with Crippen molar-refractivity contribution in [2.24, 2.45) is 0 Å². The number of alkyl halides is 1. The zero-order chi connectivity index (χ0) is 30.8. The number of carbonyl (C=O) groups is 3. The molecule has 3 unspecified atom stereocenters. The highest BCUT2D eigenvalue weighted by Gasteiger charge is 2.16. The van der Waals surface area contributed by atoms with Gasteiger partial charge in [-0.3, -0.25) is 9.59 Å². The number of carbonyl (C=O) groups excluding carboxylic acids is 3. The first kappa shape index (κ1) is 42.1. The SMILES string of the molecule is CC1CC(O)CN1.CCCCCCCCC(CCCCC)OC(=O)CCCCCCCOC=O.O=CCCCCBr. The average molecular weight is 651 g/mol. The molecule has 0 aromatic heterocycles. The topological polar surface area (TPSA) is 102 Å². The van der Waals surface area contributed by atoms with Crippen molar-refractivity contribution in [3.05, 3.63) is 0 Å². The number of halogens is 1. The van der Waals surface area contributed by atoms with Gasteiger partial charge in [0, 0.05) is 30.8 Å². The third-order valence-corrected chi connectivity index (χ3v) is 7.61. The van der Waals surface area contributed by atoms with Crippen molar-refractivity contribution in [2.75, 3.05) is 18.5 Å². The molecule has 244 valence electrons. The fourth-order valence-corrected chi connectivity index (χ4v) is 4.95. The maximum atomic E-state index is 12.2. The predicted molar refractivity (Wildman–Crippen MR) is 174 cm³/mol.